The maximum atomic E-state index is 4.15. The Morgan fingerprint density at radius 1 is 1.13 bits per heavy atom. The maximum Gasteiger partial charge on any atom is -0.0153 e. The Kier molecular flexibility index (Phi) is 3.05. The van der Waals surface area contributed by atoms with Gasteiger partial charge in [-0.3, -0.25) is 0 Å². The van der Waals surface area contributed by atoms with Crippen LogP contribution in [0.2, 0.25) is 0 Å². The van der Waals surface area contributed by atoms with Gasteiger partial charge in [0.15, 0.2) is 0 Å². The lowest BCUT2D eigenvalue weighted by Gasteiger charge is -2.03. The zero-order valence-corrected chi connectivity index (χ0v) is 9.21. The van der Waals surface area contributed by atoms with Crippen molar-refractivity contribution in [3.8, 4) is 0 Å². The lowest BCUT2D eigenvalue weighted by Crippen LogP contribution is -1.88. The van der Waals surface area contributed by atoms with Crippen LogP contribution in [0.25, 0.3) is 0 Å². The Balaban J connectivity index is 2.15. The quantitative estimate of drug-likeness (QED) is 0.543. The largest absolute Gasteiger partial charge is 0.0955 e. The summed E-state index contributed by atoms with van der Waals surface area (Å²) in [5.74, 6) is 0.676. The Hall–Kier alpha value is -1.30. The summed E-state index contributed by atoms with van der Waals surface area (Å²) in [5.41, 5.74) is 3.93. The third kappa shape index (κ3) is 2.59. The minimum absolute atomic E-state index is 0.676. The molecule has 2 aliphatic carbocycles. The van der Waals surface area contributed by atoms with Crippen LogP contribution in [0.4, 0.5) is 0 Å². The standard InChI is InChI=1S/C15H18/c1-12-6-3-4-9-15-11-14(8-5-7-12)10-13(15)2/h3,5-7,11,14H,1-2,4,8-10H2/b6-3?,7-5-. The van der Waals surface area contributed by atoms with Gasteiger partial charge in [-0.05, 0) is 42.7 Å². The van der Waals surface area contributed by atoms with Gasteiger partial charge in [0.2, 0.25) is 0 Å². The highest BCUT2D eigenvalue weighted by Gasteiger charge is 2.17. The van der Waals surface area contributed by atoms with Gasteiger partial charge < -0.3 is 0 Å². The van der Waals surface area contributed by atoms with Gasteiger partial charge in [-0.15, -0.1) is 0 Å². The molecule has 0 radical (unpaired) electrons. The Morgan fingerprint density at radius 2 is 1.93 bits per heavy atom. The lowest BCUT2D eigenvalue weighted by atomic mass is 10.0. The second-order valence-electron chi connectivity index (χ2n) is 4.41. The van der Waals surface area contributed by atoms with E-state index < -0.39 is 0 Å². The van der Waals surface area contributed by atoms with E-state index in [1.807, 2.05) is 0 Å². The van der Waals surface area contributed by atoms with Crippen LogP contribution in [0.3, 0.4) is 0 Å². The smallest absolute Gasteiger partial charge is 0.0153 e. The molecule has 0 aliphatic heterocycles. The average Bonchev–Trinajstić information content (AvgIpc) is 2.51. The molecule has 2 aliphatic rings. The number of rotatable bonds is 0. The fraction of sp³-hybridized carbons (Fsp3) is 0.333. The molecule has 15 heavy (non-hydrogen) atoms. The van der Waals surface area contributed by atoms with Crippen LogP contribution in [0.5, 0.6) is 0 Å². The molecule has 0 saturated heterocycles. The van der Waals surface area contributed by atoms with Crippen molar-refractivity contribution >= 4 is 0 Å². The highest BCUT2D eigenvalue weighted by atomic mass is 14.2. The maximum absolute atomic E-state index is 4.15. The third-order valence-electron chi connectivity index (χ3n) is 3.08. The Bertz CT molecular complexity index is 363. The summed E-state index contributed by atoms with van der Waals surface area (Å²) in [6, 6.07) is 0. The SMILES string of the molecule is C=C1C=CCCC2=CC(C/C=C\1)CC2=C. The molecular weight excluding hydrogens is 180 g/mol. The number of hydrogen-bond acceptors (Lipinski definition) is 0. The molecule has 0 heteroatoms. The molecule has 0 heterocycles. The molecule has 0 aromatic rings. The summed E-state index contributed by atoms with van der Waals surface area (Å²) in [6.45, 7) is 8.13. The van der Waals surface area contributed by atoms with Gasteiger partial charge in [0.1, 0.15) is 0 Å². The van der Waals surface area contributed by atoms with E-state index in [0.717, 1.165) is 31.3 Å². The van der Waals surface area contributed by atoms with Crippen LogP contribution in [-0.4, -0.2) is 0 Å². The molecule has 1 atom stereocenters. The van der Waals surface area contributed by atoms with Gasteiger partial charge in [0.25, 0.3) is 0 Å². The van der Waals surface area contributed by atoms with E-state index in [1.54, 1.807) is 0 Å². The van der Waals surface area contributed by atoms with E-state index in [9.17, 15) is 0 Å². The third-order valence-corrected chi connectivity index (χ3v) is 3.08. The molecule has 0 N–H and O–H groups in total. The topological polar surface area (TPSA) is 0 Å². The van der Waals surface area contributed by atoms with Gasteiger partial charge in [0, 0.05) is 0 Å². The van der Waals surface area contributed by atoms with Crippen molar-refractivity contribution in [1.29, 1.82) is 0 Å². The van der Waals surface area contributed by atoms with Crippen molar-refractivity contribution in [2.75, 3.05) is 0 Å². The normalized spacial score (nSPS) is 28.5. The predicted molar refractivity (Wildman–Crippen MR) is 66.6 cm³/mol. The molecule has 0 fully saturated rings. The van der Waals surface area contributed by atoms with E-state index in [4.69, 9.17) is 0 Å². The van der Waals surface area contributed by atoms with Crippen LogP contribution >= 0.6 is 0 Å². The van der Waals surface area contributed by atoms with Crippen molar-refractivity contribution < 1.29 is 0 Å². The zero-order valence-electron chi connectivity index (χ0n) is 9.21. The van der Waals surface area contributed by atoms with Crippen molar-refractivity contribution in [2.45, 2.75) is 25.7 Å². The highest BCUT2D eigenvalue weighted by Crippen LogP contribution is 2.33. The second-order valence-corrected chi connectivity index (χ2v) is 4.41. The first-order valence-electron chi connectivity index (χ1n) is 5.66. The van der Waals surface area contributed by atoms with Crippen molar-refractivity contribution in [3.63, 3.8) is 0 Å². The van der Waals surface area contributed by atoms with Gasteiger partial charge in [0.05, 0.1) is 0 Å². The summed E-state index contributed by atoms with van der Waals surface area (Å²) in [7, 11) is 0. The molecule has 1 unspecified atom stereocenters. The monoisotopic (exact) mass is 198 g/mol. The predicted octanol–water partition coefficient (Wildman–Crippen LogP) is 4.34. The fourth-order valence-corrected chi connectivity index (χ4v) is 2.24. The van der Waals surface area contributed by atoms with Gasteiger partial charge in [-0.2, -0.15) is 0 Å². The Morgan fingerprint density at radius 3 is 2.80 bits per heavy atom. The molecule has 0 spiro atoms. The first kappa shape index (κ1) is 10.2. The average molecular weight is 198 g/mol. The fourth-order valence-electron chi connectivity index (χ4n) is 2.24. The van der Waals surface area contributed by atoms with Gasteiger partial charge in [-0.1, -0.05) is 49.1 Å². The Labute approximate surface area is 92.4 Å². The minimum Gasteiger partial charge on any atom is -0.0955 e. The van der Waals surface area contributed by atoms with Gasteiger partial charge >= 0.3 is 0 Å². The van der Waals surface area contributed by atoms with E-state index in [-0.39, 0.29) is 0 Å². The first-order chi connectivity index (χ1) is 7.25. The van der Waals surface area contributed by atoms with Crippen LogP contribution in [0.15, 0.2) is 60.3 Å². The van der Waals surface area contributed by atoms with Crippen molar-refractivity contribution in [2.24, 2.45) is 5.92 Å². The molecule has 0 aromatic heterocycles. The van der Waals surface area contributed by atoms with Crippen LogP contribution in [0, 0.1) is 5.92 Å². The van der Waals surface area contributed by atoms with E-state index in [1.165, 1.54) is 11.1 Å². The van der Waals surface area contributed by atoms with Crippen molar-refractivity contribution in [1.82, 2.24) is 0 Å². The number of fused-ring (bicyclic) bond motifs is 1. The highest BCUT2D eigenvalue weighted by molar-refractivity contribution is 5.37. The lowest BCUT2D eigenvalue weighted by molar-refractivity contribution is 0.688. The number of hydrogen-bond donors (Lipinski definition) is 0. The summed E-state index contributed by atoms with van der Waals surface area (Å²) in [6.07, 6.45) is 15.6. The molecule has 0 saturated carbocycles. The number of allylic oxidation sites excluding steroid dienone is 8. The van der Waals surface area contributed by atoms with Crippen LogP contribution in [-0.2, 0) is 0 Å². The molecular formula is C15H18. The molecule has 78 valence electrons. The van der Waals surface area contributed by atoms with Crippen LogP contribution < -0.4 is 0 Å². The summed E-state index contributed by atoms with van der Waals surface area (Å²) >= 11 is 0. The van der Waals surface area contributed by atoms with Crippen LogP contribution in [0.1, 0.15) is 25.7 Å². The summed E-state index contributed by atoms with van der Waals surface area (Å²) < 4.78 is 0. The second kappa shape index (κ2) is 4.48. The molecule has 0 aromatic carbocycles. The molecule has 2 bridgehead atoms. The first-order valence-corrected chi connectivity index (χ1v) is 5.66. The molecule has 2 rings (SSSR count). The summed E-state index contributed by atoms with van der Waals surface area (Å²) in [4.78, 5) is 0. The molecule has 0 amide bonds. The zero-order chi connectivity index (χ0) is 10.7. The minimum atomic E-state index is 0.676. The van der Waals surface area contributed by atoms with E-state index in [0.29, 0.717) is 5.92 Å². The van der Waals surface area contributed by atoms with Gasteiger partial charge in [-0.25, -0.2) is 0 Å². The van der Waals surface area contributed by atoms with E-state index >= 15 is 0 Å². The molecule has 0 nitrogen and oxygen atoms in total. The van der Waals surface area contributed by atoms with Crippen molar-refractivity contribution in [3.05, 3.63) is 60.3 Å². The van der Waals surface area contributed by atoms with E-state index in [2.05, 4.69) is 43.5 Å². The summed E-state index contributed by atoms with van der Waals surface area (Å²) in [5, 5.41) is 0.